The summed E-state index contributed by atoms with van der Waals surface area (Å²) in [5, 5.41) is 5.79. The van der Waals surface area contributed by atoms with E-state index in [1.165, 1.54) is 18.7 Å². The largest absolute Gasteiger partial charge is 0.368 e. The molecule has 1 aromatic rings. The molecule has 1 heterocycles. The van der Waals surface area contributed by atoms with E-state index in [0.717, 1.165) is 12.8 Å². The lowest BCUT2D eigenvalue weighted by Gasteiger charge is -2.32. The zero-order chi connectivity index (χ0) is 15.4. The number of anilines is 1. The second kappa shape index (κ2) is 6.87. The van der Waals surface area contributed by atoms with E-state index in [9.17, 15) is 9.18 Å². The molecule has 0 bridgehead atoms. The van der Waals surface area contributed by atoms with Crippen LogP contribution in [-0.4, -0.2) is 23.5 Å². The zero-order valence-corrected chi connectivity index (χ0v) is 12.9. The van der Waals surface area contributed by atoms with Crippen LogP contribution in [0.3, 0.4) is 0 Å². The quantitative estimate of drug-likeness (QED) is 0.896. The van der Waals surface area contributed by atoms with Crippen molar-refractivity contribution in [2.24, 2.45) is 11.8 Å². The molecule has 21 heavy (non-hydrogen) atoms. The first-order chi connectivity index (χ1) is 10.0. The van der Waals surface area contributed by atoms with Gasteiger partial charge in [0.15, 0.2) is 11.6 Å². The van der Waals surface area contributed by atoms with Crippen molar-refractivity contribution in [1.29, 1.82) is 0 Å². The molecular formula is C16H24FN3O. The summed E-state index contributed by atoms with van der Waals surface area (Å²) in [6, 6.07) is 1.56. The summed E-state index contributed by atoms with van der Waals surface area (Å²) in [7, 11) is 0. The Morgan fingerprint density at radius 2 is 2.00 bits per heavy atom. The number of carbonyl (C=O) groups excluding carboxylic acids is 1. The fourth-order valence-corrected chi connectivity index (χ4v) is 3.24. The third-order valence-corrected chi connectivity index (χ3v) is 3.99. The van der Waals surface area contributed by atoms with Crippen LogP contribution in [-0.2, 0) is 0 Å². The maximum atomic E-state index is 14.2. The number of rotatable bonds is 4. The van der Waals surface area contributed by atoms with Gasteiger partial charge in [-0.15, -0.1) is 0 Å². The Kier molecular flexibility index (Phi) is 5.15. The number of nitrogens with zero attached hydrogens (tertiary/aromatic N) is 1. The van der Waals surface area contributed by atoms with E-state index in [0.29, 0.717) is 18.4 Å². The van der Waals surface area contributed by atoms with Crippen molar-refractivity contribution in [3.8, 4) is 0 Å². The van der Waals surface area contributed by atoms with E-state index < -0.39 is 5.82 Å². The summed E-state index contributed by atoms with van der Waals surface area (Å²) in [5.74, 6) is 0.405. The summed E-state index contributed by atoms with van der Waals surface area (Å²) in [4.78, 5) is 16.2. The van der Waals surface area contributed by atoms with Gasteiger partial charge in [-0.2, -0.15) is 0 Å². The molecule has 1 amide bonds. The minimum atomic E-state index is -0.575. The van der Waals surface area contributed by atoms with Crippen LogP contribution in [0.2, 0.25) is 0 Å². The number of amides is 1. The monoisotopic (exact) mass is 293 g/mol. The van der Waals surface area contributed by atoms with Gasteiger partial charge in [0.2, 0.25) is 0 Å². The third-order valence-electron chi connectivity index (χ3n) is 3.99. The molecule has 5 heteroatoms. The molecule has 0 aromatic carbocycles. The Hall–Kier alpha value is -1.65. The Balaban J connectivity index is 2.08. The predicted octanol–water partition coefficient (Wildman–Crippen LogP) is 3.21. The summed E-state index contributed by atoms with van der Waals surface area (Å²) in [6.45, 7) is 6.82. The molecule has 1 aliphatic rings. The van der Waals surface area contributed by atoms with Crippen LogP contribution >= 0.6 is 0 Å². The lowest BCUT2D eigenvalue weighted by atomic mass is 9.80. The standard InChI is InChI=1S/C16H24FN3O/c1-4-18-15-14(17)13(5-6-19-15)16(21)20-12-8-10(2)7-11(3)9-12/h5-6,10-12H,4,7-9H2,1-3H3,(H,18,19)(H,20,21). The van der Waals surface area contributed by atoms with Gasteiger partial charge in [0.1, 0.15) is 0 Å². The highest BCUT2D eigenvalue weighted by molar-refractivity contribution is 5.95. The summed E-state index contributed by atoms with van der Waals surface area (Å²) < 4.78 is 14.2. The van der Waals surface area contributed by atoms with Crippen molar-refractivity contribution in [2.75, 3.05) is 11.9 Å². The van der Waals surface area contributed by atoms with Gasteiger partial charge in [-0.1, -0.05) is 13.8 Å². The molecule has 1 aliphatic carbocycles. The van der Waals surface area contributed by atoms with Crippen LogP contribution < -0.4 is 10.6 Å². The number of pyridine rings is 1. The van der Waals surface area contributed by atoms with Crippen molar-refractivity contribution < 1.29 is 9.18 Å². The highest BCUT2D eigenvalue weighted by atomic mass is 19.1. The van der Waals surface area contributed by atoms with Crippen molar-refractivity contribution >= 4 is 11.7 Å². The van der Waals surface area contributed by atoms with E-state index in [1.807, 2.05) is 6.92 Å². The van der Waals surface area contributed by atoms with E-state index in [2.05, 4.69) is 29.5 Å². The molecule has 116 valence electrons. The highest BCUT2D eigenvalue weighted by Crippen LogP contribution is 2.28. The number of hydrogen-bond donors (Lipinski definition) is 2. The molecule has 2 rings (SSSR count). The van der Waals surface area contributed by atoms with Crippen LogP contribution in [0.25, 0.3) is 0 Å². The summed E-state index contributed by atoms with van der Waals surface area (Å²) in [6.07, 6.45) is 4.58. The second-order valence-electron chi connectivity index (χ2n) is 6.14. The Morgan fingerprint density at radius 3 is 2.62 bits per heavy atom. The van der Waals surface area contributed by atoms with Gasteiger partial charge in [-0.05, 0) is 44.1 Å². The second-order valence-corrected chi connectivity index (χ2v) is 6.14. The van der Waals surface area contributed by atoms with Crippen LogP contribution in [0.1, 0.15) is 50.4 Å². The molecule has 4 nitrogen and oxygen atoms in total. The van der Waals surface area contributed by atoms with Crippen molar-refractivity contribution in [1.82, 2.24) is 10.3 Å². The van der Waals surface area contributed by atoms with Gasteiger partial charge in [-0.3, -0.25) is 4.79 Å². The van der Waals surface area contributed by atoms with Crippen LogP contribution in [0.5, 0.6) is 0 Å². The first-order valence-corrected chi connectivity index (χ1v) is 7.70. The van der Waals surface area contributed by atoms with Gasteiger partial charge >= 0.3 is 0 Å². The van der Waals surface area contributed by atoms with Crippen LogP contribution in [0, 0.1) is 17.7 Å². The number of halogens is 1. The van der Waals surface area contributed by atoms with Gasteiger partial charge < -0.3 is 10.6 Å². The molecule has 1 saturated carbocycles. The van der Waals surface area contributed by atoms with E-state index in [-0.39, 0.29) is 23.3 Å². The Morgan fingerprint density at radius 1 is 1.33 bits per heavy atom. The van der Waals surface area contributed by atoms with Gasteiger partial charge in [0.05, 0.1) is 5.56 Å². The fourth-order valence-electron chi connectivity index (χ4n) is 3.24. The lowest BCUT2D eigenvalue weighted by molar-refractivity contribution is 0.0907. The number of carbonyl (C=O) groups is 1. The van der Waals surface area contributed by atoms with Gasteiger partial charge in [0, 0.05) is 18.8 Å². The minimum Gasteiger partial charge on any atom is -0.368 e. The predicted molar refractivity (Wildman–Crippen MR) is 81.8 cm³/mol. The molecule has 0 radical (unpaired) electrons. The normalized spacial score (nSPS) is 25.4. The molecule has 2 unspecified atom stereocenters. The average molecular weight is 293 g/mol. The maximum absolute atomic E-state index is 14.2. The molecule has 0 spiro atoms. The van der Waals surface area contributed by atoms with E-state index >= 15 is 0 Å². The number of hydrogen-bond acceptors (Lipinski definition) is 3. The van der Waals surface area contributed by atoms with E-state index in [4.69, 9.17) is 0 Å². The van der Waals surface area contributed by atoms with Crippen LogP contribution in [0.15, 0.2) is 12.3 Å². The topological polar surface area (TPSA) is 54.0 Å². The SMILES string of the molecule is CCNc1nccc(C(=O)NC2CC(C)CC(C)C2)c1F. The maximum Gasteiger partial charge on any atom is 0.254 e. The highest BCUT2D eigenvalue weighted by Gasteiger charge is 2.26. The van der Waals surface area contributed by atoms with Gasteiger partial charge in [-0.25, -0.2) is 9.37 Å². The fraction of sp³-hybridized carbons (Fsp3) is 0.625. The smallest absolute Gasteiger partial charge is 0.254 e. The van der Waals surface area contributed by atoms with Crippen molar-refractivity contribution in [2.45, 2.75) is 46.1 Å². The zero-order valence-electron chi connectivity index (χ0n) is 12.9. The Labute approximate surface area is 125 Å². The first-order valence-electron chi connectivity index (χ1n) is 7.70. The minimum absolute atomic E-state index is 0.0619. The first kappa shape index (κ1) is 15.7. The third kappa shape index (κ3) is 3.93. The number of aromatic nitrogens is 1. The molecule has 0 saturated heterocycles. The van der Waals surface area contributed by atoms with Crippen molar-refractivity contribution in [3.63, 3.8) is 0 Å². The lowest BCUT2D eigenvalue weighted by Crippen LogP contribution is -2.40. The number of nitrogens with one attached hydrogen (secondary N) is 2. The molecule has 2 N–H and O–H groups in total. The van der Waals surface area contributed by atoms with Gasteiger partial charge in [0.25, 0.3) is 5.91 Å². The molecule has 2 atom stereocenters. The molecule has 0 aliphatic heterocycles. The molecular weight excluding hydrogens is 269 g/mol. The van der Waals surface area contributed by atoms with Crippen LogP contribution in [0.4, 0.5) is 10.2 Å². The summed E-state index contributed by atoms with van der Waals surface area (Å²) >= 11 is 0. The van der Waals surface area contributed by atoms with Crippen molar-refractivity contribution in [3.05, 3.63) is 23.6 Å². The molecule has 1 fully saturated rings. The van der Waals surface area contributed by atoms with E-state index in [1.54, 1.807) is 0 Å². The average Bonchev–Trinajstić information content (AvgIpc) is 2.40. The summed E-state index contributed by atoms with van der Waals surface area (Å²) in [5.41, 5.74) is 0.0619. The Bertz CT molecular complexity index is 496. The molecule has 1 aromatic heterocycles.